The summed E-state index contributed by atoms with van der Waals surface area (Å²) in [7, 11) is -2.89. The van der Waals surface area contributed by atoms with Crippen LogP contribution in [0.3, 0.4) is 0 Å². The Kier molecular flexibility index (Phi) is 4.50. The first-order chi connectivity index (χ1) is 8.97. The highest BCUT2D eigenvalue weighted by molar-refractivity contribution is 7.90. The van der Waals surface area contributed by atoms with Gasteiger partial charge in [-0.25, -0.2) is 8.42 Å². The van der Waals surface area contributed by atoms with Gasteiger partial charge in [-0.2, -0.15) is 0 Å². The molecule has 1 heterocycles. The first-order valence-corrected chi connectivity index (χ1v) is 8.45. The molecule has 0 aliphatic carbocycles. The molecule has 0 aliphatic heterocycles. The van der Waals surface area contributed by atoms with Crippen LogP contribution < -0.4 is 5.32 Å². The van der Waals surface area contributed by atoms with Crippen molar-refractivity contribution < 1.29 is 12.8 Å². The van der Waals surface area contributed by atoms with E-state index in [0.717, 1.165) is 16.5 Å². The van der Waals surface area contributed by atoms with E-state index in [4.69, 9.17) is 16.0 Å². The summed E-state index contributed by atoms with van der Waals surface area (Å²) in [6, 6.07) is 7.65. The van der Waals surface area contributed by atoms with Gasteiger partial charge in [-0.3, -0.25) is 0 Å². The van der Waals surface area contributed by atoms with Crippen LogP contribution in [0.4, 0.5) is 0 Å². The number of para-hydroxylation sites is 1. The average Bonchev–Trinajstić information content (AvgIpc) is 2.64. The number of hydrogen-bond acceptors (Lipinski definition) is 4. The lowest BCUT2D eigenvalue weighted by molar-refractivity contribution is 0.590. The van der Waals surface area contributed by atoms with E-state index < -0.39 is 9.84 Å². The van der Waals surface area contributed by atoms with Gasteiger partial charge in [0.05, 0.1) is 5.75 Å². The third kappa shape index (κ3) is 3.96. The van der Waals surface area contributed by atoms with Gasteiger partial charge in [0.25, 0.3) is 0 Å². The van der Waals surface area contributed by atoms with Gasteiger partial charge < -0.3 is 9.73 Å². The monoisotopic (exact) mass is 301 g/mol. The van der Waals surface area contributed by atoms with Gasteiger partial charge in [-0.15, -0.1) is 0 Å². The molecule has 4 nitrogen and oxygen atoms in total. The molecule has 0 atom stereocenters. The highest BCUT2D eigenvalue weighted by Crippen LogP contribution is 2.29. The Morgan fingerprint density at radius 2 is 2.05 bits per heavy atom. The van der Waals surface area contributed by atoms with Crippen molar-refractivity contribution >= 4 is 32.4 Å². The molecule has 0 amide bonds. The molecule has 19 heavy (non-hydrogen) atoms. The molecule has 0 saturated carbocycles. The number of fused-ring (bicyclic) bond motifs is 1. The standard InChI is InChI=1S/C13H16ClNO3S/c1-19(16,17)8-4-7-15-9-11-10-5-2-3-6-12(10)18-13(11)14/h2-3,5-6,15H,4,7-9H2,1H3. The second-order valence-corrected chi connectivity index (χ2v) is 7.11. The highest BCUT2D eigenvalue weighted by atomic mass is 35.5. The van der Waals surface area contributed by atoms with Crippen LogP contribution in [-0.2, 0) is 16.4 Å². The number of nitrogens with one attached hydrogen (secondary N) is 1. The Bertz CT molecular complexity index is 664. The van der Waals surface area contributed by atoms with Crippen molar-refractivity contribution in [1.29, 1.82) is 0 Å². The molecule has 1 N–H and O–H groups in total. The quantitative estimate of drug-likeness (QED) is 0.833. The van der Waals surface area contributed by atoms with Crippen LogP contribution in [0.15, 0.2) is 28.7 Å². The lowest BCUT2D eigenvalue weighted by atomic mass is 10.2. The minimum Gasteiger partial charge on any atom is -0.444 e. The summed E-state index contributed by atoms with van der Waals surface area (Å²) in [6.07, 6.45) is 1.83. The highest BCUT2D eigenvalue weighted by Gasteiger charge is 2.11. The summed E-state index contributed by atoms with van der Waals surface area (Å²) in [6.45, 7) is 1.20. The summed E-state index contributed by atoms with van der Waals surface area (Å²) in [5, 5.41) is 4.56. The fourth-order valence-corrected chi connectivity index (χ4v) is 2.83. The fourth-order valence-electron chi connectivity index (χ4n) is 1.91. The molecule has 0 fully saturated rings. The van der Waals surface area contributed by atoms with Crippen molar-refractivity contribution in [2.45, 2.75) is 13.0 Å². The lowest BCUT2D eigenvalue weighted by Gasteiger charge is -2.03. The van der Waals surface area contributed by atoms with E-state index in [1.54, 1.807) is 0 Å². The second-order valence-electron chi connectivity index (χ2n) is 4.51. The number of furan rings is 1. The van der Waals surface area contributed by atoms with Crippen LogP contribution in [0.5, 0.6) is 0 Å². The van der Waals surface area contributed by atoms with Crippen molar-refractivity contribution in [2.75, 3.05) is 18.6 Å². The minimum absolute atomic E-state index is 0.194. The summed E-state index contributed by atoms with van der Waals surface area (Å²) >= 11 is 6.05. The maximum absolute atomic E-state index is 11.0. The number of hydrogen-bond donors (Lipinski definition) is 1. The number of halogens is 1. The smallest absolute Gasteiger partial charge is 0.199 e. The van der Waals surface area contributed by atoms with Gasteiger partial charge >= 0.3 is 0 Å². The van der Waals surface area contributed by atoms with E-state index in [9.17, 15) is 8.42 Å². The Morgan fingerprint density at radius 3 is 2.79 bits per heavy atom. The summed E-state index contributed by atoms with van der Waals surface area (Å²) in [5.41, 5.74) is 1.68. The zero-order valence-electron chi connectivity index (χ0n) is 10.6. The van der Waals surface area contributed by atoms with Crippen LogP contribution >= 0.6 is 11.6 Å². The number of rotatable bonds is 6. The normalized spacial score (nSPS) is 12.1. The van der Waals surface area contributed by atoms with Gasteiger partial charge in [0.15, 0.2) is 5.22 Å². The van der Waals surface area contributed by atoms with Gasteiger partial charge in [-0.1, -0.05) is 18.2 Å². The van der Waals surface area contributed by atoms with E-state index in [0.29, 0.717) is 24.7 Å². The molecule has 0 bridgehead atoms. The molecule has 2 rings (SSSR count). The molecule has 2 aromatic rings. The molecule has 1 aromatic carbocycles. The minimum atomic E-state index is -2.89. The van der Waals surface area contributed by atoms with E-state index in [2.05, 4.69) is 5.32 Å². The van der Waals surface area contributed by atoms with Crippen molar-refractivity contribution in [3.05, 3.63) is 35.0 Å². The summed E-state index contributed by atoms with van der Waals surface area (Å²) < 4.78 is 27.4. The van der Waals surface area contributed by atoms with E-state index >= 15 is 0 Å². The topological polar surface area (TPSA) is 59.3 Å². The van der Waals surface area contributed by atoms with Gasteiger partial charge in [0.1, 0.15) is 15.4 Å². The SMILES string of the molecule is CS(=O)(=O)CCCNCc1c(Cl)oc2ccccc12. The van der Waals surface area contributed by atoms with Crippen molar-refractivity contribution in [3.8, 4) is 0 Å². The van der Waals surface area contributed by atoms with Crippen LogP contribution in [0, 0.1) is 0 Å². The first-order valence-electron chi connectivity index (χ1n) is 6.02. The second kappa shape index (κ2) is 5.94. The predicted molar refractivity (Wildman–Crippen MR) is 77.3 cm³/mol. The number of benzene rings is 1. The Morgan fingerprint density at radius 1 is 1.32 bits per heavy atom. The lowest BCUT2D eigenvalue weighted by Crippen LogP contribution is -2.17. The molecular weight excluding hydrogens is 286 g/mol. The Hall–Kier alpha value is -1.04. The molecule has 104 valence electrons. The van der Waals surface area contributed by atoms with Crippen LogP contribution in [0.2, 0.25) is 5.22 Å². The first kappa shape index (κ1) is 14.4. The zero-order chi connectivity index (χ0) is 13.9. The maximum atomic E-state index is 11.0. The predicted octanol–water partition coefficient (Wildman–Crippen LogP) is 2.61. The van der Waals surface area contributed by atoms with Gasteiger partial charge in [0, 0.05) is 23.8 Å². The zero-order valence-corrected chi connectivity index (χ0v) is 12.2. The molecule has 0 radical (unpaired) electrons. The van der Waals surface area contributed by atoms with Crippen LogP contribution in [-0.4, -0.2) is 27.0 Å². The molecule has 0 saturated heterocycles. The van der Waals surface area contributed by atoms with Gasteiger partial charge in [0.2, 0.25) is 0 Å². The van der Waals surface area contributed by atoms with Crippen molar-refractivity contribution in [1.82, 2.24) is 5.32 Å². The molecule has 1 aromatic heterocycles. The number of sulfone groups is 1. The van der Waals surface area contributed by atoms with Crippen LogP contribution in [0.25, 0.3) is 11.0 Å². The fraction of sp³-hybridized carbons (Fsp3) is 0.385. The molecule has 6 heteroatoms. The van der Waals surface area contributed by atoms with E-state index in [-0.39, 0.29) is 5.75 Å². The van der Waals surface area contributed by atoms with Crippen molar-refractivity contribution in [3.63, 3.8) is 0 Å². The largest absolute Gasteiger partial charge is 0.444 e. The van der Waals surface area contributed by atoms with E-state index in [1.807, 2.05) is 24.3 Å². The van der Waals surface area contributed by atoms with E-state index in [1.165, 1.54) is 6.26 Å². The Labute approximate surface area is 117 Å². The summed E-state index contributed by atoms with van der Waals surface area (Å²) in [4.78, 5) is 0. The molecule has 0 aliphatic rings. The molecule has 0 spiro atoms. The molecular formula is C13H16ClNO3S. The molecule has 0 unspecified atom stereocenters. The Balaban J connectivity index is 1.93. The maximum Gasteiger partial charge on any atom is 0.199 e. The third-order valence-corrected chi connectivity index (χ3v) is 4.15. The summed E-state index contributed by atoms with van der Waals surface area (Å²) in [5.74, 6) is 0.194. The average molecular weight is 302 g/mol. The van der Waals surface area contributed by atoms with Gasteiger partial charge in [-0.05, 0) is 30.6 Å². The van der Waals surface area contributed by atoms with Crippen molar-refractivity contribution in [2.24, 2.45) is 0 Å². The van der Waals surface area contributed by atoms with Crippen LogP contribution in [0.1, 0.15) is 12.0 Å². The third-order valence-electron chi connectivity index (χ3n) is 2.82.